The summed E-state index contributed by atoms with van der Waals surface area (Å²) in [6.45, 7) is 0. The summed E-state index contributed by atoms with van der Waals surface area (Å²) in [6.07, 6.45) is 6.74. The van der Waals surface area contributed by atoms with Gasteiger partial charge in [0.15, 0.2) is 0 Å². The number of thiazole rings is 1. The Kier molecular flexibility index (Phi) is 5.71. The van der Waals surface area contributed by atoms with Crippen LogP contribution in [0.25, 0.3) is 10.6 Å². The fraction of sp³-hybridized carbons (Fsp3) is 0.333. The molecule has 29 heavy (non-hydrogen) atoms. The van der Waals surface area contributed by atoms with E-state index in [0.29, 0.717) is 17.6 Å². The van der Waals surface area contributed by atoms with Crippen molar-refractivity contribution in [3.8, 4) is 16.3 Å². The molecule has 0 bridgehead atoms. The number of hydrogen-bond donors (Lipinski definition) is 2. The highest BCUT2D eigenvalue weighted by atomic mass is 32.1. The molecule has 8 heteroatoms. The number of methoxy groups -OCH3 is 1. The van der Waals surface area contributed by atoms with Crippen LogP contribution in [0, 0.1) is 5.92 Å². The van der Waals surface area contributed by atoms with Gasteiger partial charge in [0, 0.05) is 24.4 Å². The molecule has 0 spiro atoms. The van der Waals surface area contributed by atoms with Crippen LogP contribution < -0.4 is 10.1 Å². The number of aromatic nitrogens is 3. The number of carbonyl (C=O) groups is 1. The minimum Gasteiger partial charge on any atom is -0.497 e. The van der Waals surface area contributed by atoms with Gasteiger partial charge in [0.1, 0.15) is 17.4 Å². The lowest BCUT2D eigenvalue weighted by atomic mass is 9.82. The molecule has 7 nitrogen and oxygen atoms in total. The van der Waals surface area contributed by atoms with Gasteiger partial charge in [0.25, 0.3) is 0 Å². The molecule has 1 fully saturated rings. The molecular formula is C21H22N4O3S. The number of carboxylic acids is 1. The quantitative estimate of drug-likeness (QED) is 0.607. The van der Waals surface area contributed by atoms with Crippen molar-refractivity contribution < 1.29 is 14.6 Å². The molecule has 1 aliphatic carbocycles. The van der Waals surface area contributed by atoms with E-state index in [4.69, 9.17) is 4.74 Å². The van der Waals surface area contributed by atoms with Crippen molar-refractivity contribution in [1.82, 2.24) is 15.0 Å². The predicted molar refractivity (Wildman–Crippen MR) is 112 cm³/mol. The van der Waals surface area contributed by atoms with E-state index in [1.54, 1.807) is 30.7 Å². The zero-order valence-corrected chi connectivity index (χ0v) is 16.9. The van der Waals surface area contributed by atoms with Crippen LogP contribution in [0.15, 0.2) is 42.7 Å². The lowest BCUT2D eigenvalue weighted by Crippen LogP contribution is -2.20. The first kappa shape index (κ1) is 19.3. The van der Waals surface area contributed by atoms with Crippen molar-refractivity contribution in [3.05, 3.63) is 47.7 Å². The highest BCUT2D eigenvalue weighted by molar-refractivity contribution is 7.15. The van der Waals surface area contributed by atoms with Crippen LogP contribution in [0.4, 0.5) is 11.6 Å². The maximum atomic E-state index is 11.1. The minimum absolute atomic E-state index is 0.208. The van der Waals surface area contributed by atoms with Gasteiger partial charge in [0.2, 0.25) is 0 Å². The zero-order valence-electron chi connectivity index (χ0n) is 16.0. The zero-order chi connectivity index (χ0) is 20.2. The summed E-state index contributed by atoms with van der Waals surface area (Å²) in [4.78, 5) is 25.7. The predicted octanol–water partition coefficient (Wildman–Crippen LogP) is 4.71. The Hall–Kier alpha value is -3.00. The van der Waals surface area contributed by atoms with E-state index >= 15 is 0 Å². The maximum Gasteiger partial charge on any atom is 0.306 e. The largest absolute Gasteiger partial charge is 0.497 e. The van der Waals surface area contributed by atoms with E-state index < -0.39 is 5.97 Å². The molecule has 0 amide bonds. The molecule has 0 aromatic carbocycles. The third-order valence-corrected chi connectivity index (χ3v) is 6.36. The van der Waals surface area contributed by atoms with Crippen LogP contribution in [0.1, 0.15) is 36.6 Å². The van der Waals surface area contributed by atoms with Gasteiger partial charge >= 0.3 is 5.97 Å². The molecule has 0 aliphatic heterocycles. The van der Waals surface area contributed by atoms with Crippen LogP contribution in [0.2, 0.25) is 0 Å². The van der Waals surface area contributed by atoms with E-state index in [0.717, 1.165) is 47.0 Å². The second-order valence-electron chi connectivity index (χ2n) is 7.06. The fourth-order valence-corrected chi connectivity index (χ4v) is 4.62. The molecule has 4 rings (SSSR count). The first-order chi connectivity index (χ1) is 14.1. The van der Waals surface area contributed by atoms with Crippen LogP contribution >= 0.6 is 11.3 Å². The molecule has 0 unspecified atom stereocenters. The molecule has 3 aromatic heterocycles. The Morgan fingerprint density at radius 3 is 2.76 bits per heavy atom. The van der Waals surface area contributed by atoms with Gasteiger partial charge in [-0.05, 0) is 43.9 Å². The van der Waals surface area contributed by atoms with Gasteiger partial charge < -0.3 is 15.2 Å². The smallest absolute Gasteiger partial charge is 0.306 e. The van der Waals surface area contributed by atoms with E-state index in [-0.39, 0.29) is 5.92 Å². The van der Waals surface area contributed by atoms with E-state index in [1.165, 1.54) is 0 Å². The van der Waals surface area contributed by atoms with E-state index in [9.17, 15) is 9.90 Å². The molecular weight excluding hydrogens is 388 g/mol. The Balaban J connectivity index is 1.47. The van der Waals surface area contributed by atoms with Crippen molar-refractivity contribution in [2.24, 2.45) is 5.92 Å². The molecule has 1 aliphatic rings. The topological polar surface area (TPSA) is 97.2 Å². The summed E-state index contributed by atoms with van der Waals surface area (Å²) in [5.74, 6) is 1.53. The van der Waals surface area contributed by atoms with E-state index in [2.05, 4.69) is 20.3 Å². The van der Waals surface area contributed by atoms with Crippen LogP contribution in [-0.2, 0) is 4.79 Å². The van der Waals surface area contributed by atoms with Gasteiger partial charge in [-0.25, -0.2) is 15.0 Å². The summed E-state index contributed by atoms with van der Waals surface area (Å²) in [5, 5.41) is 13.4. The lowest BCUT2D eigenvalue weighted by Gasteiger charge is -2.24. The molecule has 3 heterocycles. The number of nitrogens with one attached hydrogen (secondary N) is 1. The first-order valence-corrected chi connectivity index (χ1v) is 10.4. The second kappa shape index (κ2) is 8.57. The lowest BCUT2D eigenvalue weighted by molar-refractivity contribution is -0.142. The third kappa shape index (κ3) is 4.54. The van der Waals surface area contributed by atoms with Crippen molar-refractivity contribution in [2.45, 2.75) is 31.6 Å². The number of rotatable bonds is 6. The fourth-order valence-electron chi connectivity index (χ4n) is 3.56. The second-order valence-corrected chi connectivity index (χ2v) is 8.13. The Morgan fingerprint density at radius 2 is 2.00 bits per heavy atom. The van der Waals surface area contributed by atoms with Gasteiger partial charge in [-0.1, -0.05) is 6.07 Å². The summed E-state index contributed by atoms with van der Waals surface area (Å²) >= 11 is 1.64. The molecule has 1 saturated carbocycles. The van der Waals surface area contributed by atoms with Crippen molar-refractivity contribution in [3.63, 3.8) is 0 Å². The molecule has 0 saturated heterocycles. The highest BCUT2D eigenvalue weighted by Crippen LogP contribution is 2.39. The normalized spacial score (nSPS) is 18.9. The van der Waals surface area contributed by atoms with Crippen LogP contribution in [0.5, 0.6) is 5.75 Å². The van der Waals surface area contributed by atoms with Crippen molar-refractivity contribution in [2.75, 3.05) is 12.4 Å². The van der Waals surface area contributed by atoms with Gasteiger partial charge in [0.05, 0.1) is 28.6 Å². The van der Waals surface area contributed by atoms with Crippen molar-refractivity contribution in [1.29, 1.82) is 0 Å². The first-order valence-electron chi connectivity index (χ1n) is 9.55. The average molecular weight is 410 g/mol. The number of carboxylic acid groups (broad SMARTS) is 1. The number of aliphatic carboxylic acids is 1. The standard InChI is InChI=1S/C21H22N4O3S/c1-28-15-9-10-22-19(11-15)25-18-4-2-3-16(24-18)17-12-23-20(29-17)13-5-7-14(8-6-13)21(26)27/h2-4,9-14H,5-8H2,1H3,(H,26,27)(H,22,24,25). The SMILES string of the molecule is COc1ccnc(Nc2cccc(-c3cnc(C4CCC(C(=O)O)CC4)s3)n2)c1. The monoisotopic (exact) mass is 410 g/mol. The third-order valence-electron chi connectivity index (χ3n) is 5.17. The Bertz CT molecular complexity index is 999. The summed E-state index contributed by atoms with van der Waals surface area (Å²) in [5.41, 5.74) is 0.848. The number of hydrogen-bond acceptors (Lipinski definition) is 7. The summed E-state index contributed by atoms with van der Waals surface area (Å²) < 4.78 is 5.23. The summed E-state index contributed by atoms with van der Waals surface area (Å²) in [7, 11) is 1.62. The average Bonchev–Trinajstić information content (AvgIpc) is 3.24. The van der Waals surface area contributed by atoms with Crippen LogP contribution in [0.3, 0.4) is 0 Å². The highest BCUT2D eigenvalue weighted by Gasteiger charge is 2.28. The number of ether oxygens (including phenoxy) is 1. The molecule has 0 atom stereocenters. The van der Waals surface area contributed by atoms with E-state index in [1.807, 2.05) is 30.5 Å². The molecule has 2 N–H and O–H groups in total. The number of nitrogens with zero attached hydrogens (tertiary/aromatic N) is 3. The molecule has 0 radical (unpaired) electrons. The molecule has 3 aromatic rings. The van der Waals surface area contributed by atoms with Crippen LogP contribution in [-0.4, -0.2) is 33.1 Å². The Morgan fingerprint density at radius 1 is 1.17 bits per heavy atom. The number of pyridine rings is 2. The number of anilines is 2. The maximum absolute atomic E-state index is 11.1. The Labute approximate surface area is 172 Å². The van der Waals surface area contributed by atoms with Crippen molar-refractivity contribution >= 4 is 28.9 Å². The summed E-state index contributed by atoms with van der Waals surface area (Å²) in [6, 6.07) is 9.40. The van der Waals surface area contributed by atoms with Gasteiger partial charge in [-0.2, -0.15) is 0 Å². The van der Waals surface area contributed by atoms with Gasteiger partial charge in [-0.3, -0.25) is 4.79 Å². The van der Waals surface area contributed by atoms with Gasteiger partial charge in [-0.15, -0.1) is 11.3 Å². The minimum atomic E-state index is -0.678. The molecule has 150 valence electrons.